The van der Waals surface area contributed by atoms with Crippen LogP contribution < -0.4 is 10.1 Å². The van der Waals surface area contributed by atoms with E-state index in [0.717, 1.165) is 0 Å². The molecule has 0 bridgehead atoms. The van der Waals surface area contributed by atoms with Gasteiger partial charge < -0.3 is 14.8 Å². The second-order valence-electron chi connectivity index (χ2n) is 4.55. The van der Waals surface area contributed by atoms with Gasteiger partial charge in [-0.25, -0.2) is 4.98 Å². The van der Waals surface area contributed by atoms with Crippen LogP contribution in [-0.4, -0.2) is 36.9 Å². The quantitative estimate of drug-likeness (QED) is 0.777. The molecule has 126 valence electrons. The summed E-state index contributed by atoms with van der Waals surface area (Å²) in [6.45, 7) is 1.35. The molecule has 0 spiro atoms. The van der Waals surface area contributed by atoms with Crippen molar-refractivity contribution in [3.8, 4) is 5.75 Å². The molecule has 0 unspecified atom stereocenters. The number of nitrogens with one attached hydrogen (secondary N) is 1. The average molecular weight is 348 g/mol. The van der Waals surface area contributed by atoms with Crippen molar-refractivity contribution < 1.29 is 27.4 Å². The lowest BCUT2D eigenvalue weighted by molar-refractivity contribution is -0.153. The van der Waals surface area contributed by atoms with Crippen LogP contribution in [0.4, 0.5) is 18.3 Å². The number of aromatic nitrogens is 1. The van der Waals surface area contributed by atoms with Gasteiger partial charge in [0.05, 0.1) is 23.2 Å². The number of alkyl halides is 3. The Hall–Kier alpha value is -1.87. The van der Waals surface area contributed by atoms with Crippen molar-refractivity contribution >= 4 is 32.6 Å². The molecule has 9 heteroatoms. The second-order valence-corrected chi connectivity index (χ2v) is 5.58. The molecule has 1 amide bonds. The summed E-state index contributed by atoms with van der Waals surface area (Å²) in [5, 5.41) is 3.02. The highest BCUT2D eigenvalue weighted by Crippen LogP contribution is 2.30. The van der Waals surface area contributed by atoms with Crippen LogP contribution in [0.25, 0.3) is 10.2 Å². The highest BCUT2D eigenvalue weighted by molar-refractivity contribution is 7.22. The fourth-order valence-corrected chi connectivity index (χ4v) is 2.61. The van der Waals surface area contributed by atoms with Gasteiger partial charge in [-0.3, -0.25) is 4.79 Å². The van der Waals surface area contributed by atoms with Crippen LogP contribution in [-0.2, 0) is 9.53 Å². The lowest BCUT2D eigenvalue weighted by atomic mass is 10.3. The Morgan fingerprint density at radius 1 is 1.39 bits per heavy atom. The summed E-state index contributed by atoms with van der Waals surface area (Å²) in [7, 11) is 0. The number of ether oxygens (including phenoxy) is 2. The maximum absolute atomic E-state index is 12.1. The standard InChI is InChI=1S/C14H15F3N2O3S/c1-2-21-6-5-12(20)19-13-18-10-4-3-9(7-11(10)23-13)22-8-14(15,16)17/h3-4,7H,2,5-6,8H2,1H3,(H,18,19,20). The van der Waals surface area contributed by atoms with Crippen molar-refractivity contribution in [2.24, 2.45) is 0 Å². The van der Waals surface area contributed by atoms with Gasteiger partial charge in [-0.1, -0.05) is 11.3 Å². The van der Waals surface area contributed by atoms with E-state index in [4.69, 9.17) is 4.74 Å². The first-order chi connectivity index (χ1) is 10.9. The first-order valence-electron chi connectivity index (χ1n) is 6.85. The number of hydrogen-bond donors (Lipinski definition) is 1. The number of benzene rings is 1. The van der Waals surface area contributed by atoms with Crippen molar-refractivity contribution in [2.75, 3.05) is 25.1 Å². The molecule has 23 heavy (non-hydrogen) atoms. The number of carbonyl (C=O) groups excluding carboxylic acids is 1. The first kappa shape index (κ1) is 17.5. The van der Waals surface area contributed by atoms with E-state index in [0.29, 0.717) is 28.6 Å². The summed E-state index contributed by atoms with van der Waals surface area (Å²) < 4.78 is 46.8. The van der Waals surface area contributed by atoms with Gasteiger partial charge in [0.15, 0.2) is 11.7 Å². The number of amides is 1. The molecule has 0 fully saturated rings. The summed E-state index contributed by atoms with van der Waals surface area (Å²) in [6.07, 6.45) is -4.17. The van der Waals surface area contributed by atoms with Crippen LogP contribution >= 0.6 is 11.3 Å². The van der Waals surface area contributed by atoms with E-state index in [9.17, 15) is 18.0 Å². The van der Waals surface area contributed by atoms with Crippen molar-refractivity contribution in [2.45, 2.75) is 19.5 Å². The molecule has 0 aliphatic rings. The fourth-order valence-electron chi connectivity index (χ4n) is 1.70. The van der Waals surface area contributed by atoms with E-state index in [2.05, 4.69) is 15.0 Å². The van der Waals surface area contributed by atoms with Gasteiger partial charge in [-0.05, 0) is 25.1 Å². The van der Waals surface area contributed by atoms with E-state index in [1.165, 1.54) is 23.5 Å². The smallest absolute Gasteiger partial charge is 0.422 e. The third-order valence-corrected chi connectivity index (χ3v) is 3.62. The first-order valence-corrected chi connectivity index (χ1v) is 7.67. The maximum Gasteiger partial charge on any atom is 0.422 e. The zero-order valence-corrected chi connectivity index (χ0v) is 13.1. The summed E-state index contributed by atoms with van der Waals surface area (Å²) >= 11 is 1.17. The largest absolute Gasteiger partial charge is 0.484 e. The number of hydrogen-bond acceptors (Lipinski definition) is 5. The third kappa shape index (κ3) is 5.68. The molecule has 0 aliphatic heterocycles. The van der Waals surface area contributed by atoms with Crippen molar-refractivity contribution in [3.05, 3.63) is 18.2 Å². The van der Waals surface area contributed by atoms with E-state index < -0.39 is 12.8 Å². The number of rotatable bonds is 7. The summed E-state index contributed by atoms with van der Waals surface area (Å²) in [5.41, 5.74) is 0.578. The molecule has 0 atom stereocenters. The Balaban J connectivity index is 2.00. The third-order valence-electron chi connectivity index (χ3n) is 2.69. The van der Waals surface area contributed by atoms with Gasteiger partial charge in [-0.2, -0.15) is 13.2 Å². The molecule has 2 aromatic rings. The molecule has 0 radical (unpaired) electrons. The molecule has 1 aromatic carbocycles. The number of carbonyl (C=O) groups is 1. The van der Waals surface area contributed by atoms with E-state index in [1.807, 2.05) is 6.92 Å². The van der Waals surface area contributed by atoms with Gasteiger partial charge in [0, 0.05) is 6.61 Å². The van der Waals surface area contributed by atoms with Gasteiger partial charge in [-0.15, -0.1) is 0 Å². The molecule has 1 N–H and O–H groups in total. The zero-order valence-electron chi connectivity index (χ0n) is 12.3. The molecule has 1 aromatic heterocycles. The van der Waals surface area contributed by atoms with E-state index in [-0.39, 0.29) is 18.1 Å². The lowest BCUT2D eigenvalue weighted by Gasteiger charge is -2.08. The summed E-state index contributed by atoms with van der Waals surface area (Å²) in [6, 6.07) is 4.43. The van der Waals surface area contributed by atoms with E-state index >= 15 is 0 Å². The average Bonchev–Trinajstić information content (AvgIpc) is 2.86. The predicted octanol–water partition coefficient (Wildman–Crippen LogP) is 3.60. The van der Waals surface area contributed by atoms with Crippen LogP contribution in [0.5, 0.6) is 5.75 Å². The summed E-state index contributed by atoms with van der Waals surface area (Å²) in [5.74, 6) is -0.126. The van der Waals surface area contributed by atoms with Gasteiger partial charge >= 0.3 is 6.18 Å². The molecule has 0 aliphatic carbocycles. The van der Waals surface area contributed by atoms with Gasteiger partial charge in [0.1, 0.15) is 5.75 Å². The Bertz CT molecular complexity index is 673. The van der Waals surface area contributed by atoms with Crippen LogP contribution in [0.3, 0.4) is 0 Å². The fraction of sp³-hybridized carbons (Fsp3) is 0.429. The highest BCUT2D eigenvalue weighted by Gasteiger charge is 2.28. The lowest BCUT2D eigenvalue weighted by Crippen LogP contribution is -2.19. The molecular formula is C14H15F3N2O3S. The maximum atomic E-state index is 12.1. The molecular weight excluding hydrogens is 333 g/mol. The van der Waals surface area contributed by atoms with Gasteiger partial charge in [0.25, 0.3) is 0 Å². The summed E-state index contributed by atoms with van der Waals surface area (Å²) in [4.78, 5) is 15.9. The molecule has 2 rings (SSSR count). The van der Waals surface area contributed by atoms with Crippen LogP contribution in [0.15, 0.2) is 18.2 Å². The predicted molar refractivity (Wildman–Crippen MR) is 80.9 cm³/mol. The van der Waals surface area contributed by atoms with Crippen LogP contribution in [0, 0.1) is 0 Å². The minimum absolute atomic E-state index is 0.104. The Morgan fingerprint density at radius 2 is 2.17 bits per heavy atom. The minimum atomic E-state index is -4.39. The number of fused-ring (bicyclic) bond motifs is 1. The van der Waals surface area contributed by atoms with Crippen LogP contribution in [0.2, 0.25) is 0 Å². The molecule has 0 saturated carbocycles. The molecule has 5 nitrogen and oxygen atoms in total. The number of anilines is 1. The Kier molecular flexibility index (Phi) is 5.78. The zero-order chi connectivity index (χ0) is 16.9. The van der Waals surface area contributed by atoms with Crippen molar-refractivity contribution in [1.29, 1.82) is 0 Å². The minimum Gasteiger partial charge on any atom is -0.484 e. The molecule has 0 saturated heterocycles. The van der Waals surface area contributed by atoms with Crippen molar-refractivity contribution in [3.63, 3.8) is 0 Å². The second kappa shape index (κ2) is 7.60. The molecule has 1 heterocycles. The Labute approximate surface area is 134 Å². The SMILES string of the molecule is CCOCCC(=O)Nc1nc2ccc(OCC(F)(F)F)cc2s1. The number of nitrogens with zero attached hydrogens (tertiary/aromatic N) is 1. The Morgan fingerprint density at radius 3 is 2.87 bits per heavy atom. The normalized spacial score (nSPS) is 11.7. The number of halogens is 3. The number of thiazole rings is 1. The topological polar surface area (TPSA) is 60.5 Å². The monoisotopic (exact) mass is 348 g/mol. The van der Waals surface area contributed by atoms with Crippen LogP contribution in [0.1, 0.15) is 13.3 Å². The highest BCUT2D eigenvalue weighted by atomic mass is 32.1. The van der Waals surface area contributed by atoms with Crippen molar-refractivity contribution in [1.82, 2.24) is 4.98 Å². The van der Waals surface area contributed by atoms with Gasteiger partial charge in [0.2, 0.25) is 5.91 Å². The van der Waals surface area contributed by atoms with E-state index in [1.54, 1.807) is 6.07 Å².